The number of ether oxygens (including phenoxy) is 4. The van der Waals surface area contributed by atoms with Gasteiger partial charge in [-0.1, -0.05) is 6.07 Å². The highest BCUT2D eigenvalue weighted by molar-refractivity contribution is 7.12. The van der Waals surface area contributed by atoms with E-state index in [4.69, 9.17) is 18.9 Å². The third-order valence-electron chi connectivity index (χ3n) is 3.34. The molecule has 0 N–H and O–H groups in total. The predicted octanol–water partition coefficient (Wildman–Crippen LogP) is 3.12. The lowest BCUT2D eigenvalue weighted by atomic mass is 10.1. The second-order valence-corrected chi connectivity index (χ2v) is 5.72. The minimum atomic E-state index is -0.493. The molecule has 1 aromatic heterocycles. The molecule has 0 aliphatic carbocycles. The van der Waals surface area contributed by atoms with Gasteiger partial charge in [-0.3, -0.25) is 0 Å². The van der Waals surface area contributed by atoms with Gasteiger partial charge in [0.25, 0.3) is 0 Å². The molecule has 0 saturated heterocycles. The molecule has 0 bridgehead atoms. The highest BCUT2D eigenvalue weighted by Crippen LogP contribution is 2.39. The zero-order chi connectivity index (χ0) is 17.1. The zero-order valence-electron chi connectivity index (χ0n) is 13.4. The van der Waals surface area contributed by atoms with Crippen molar-refractivity contribution in [3.8, 4) is 17.2 Å². The molecule has 2 heterocycles. The van der Waals surface area contributed by atoms with Crippen molar-refractivity contribution in [3.05, 3.63) is 45.8 Å². The van der Waals surface area contributed by atoms with E-state index in [9.17, 15) is 4.79 Å². The van der Waals surface area contributed by atoms with E-state index >= 15 is 0 Å². The van der Waals surface area contributed by atoms with Crippen molar-refractivity contribution in [2.75, 3.05) is 21.3 Å². The molecule has 0 saturated carbocycles. The molecule has 2 aromatic rings. The van der Waals surface area contributed by atoms with Crippen LogP contribution in [0.3, 0.4) is 0 Å². The number of cyclic esters (lactones) is 1. The minimum Gasteiger partial charge on any atom is -0.493 e. The number of hydrogen-bond donors (Lipinski definition) is 0. The Bertz CT molecular complexity index is 799. The van der Waals surface area contributed by atoms with E-state index in [2.05, 4.69) is 4.99 Å². The van der Waals surface area contributed by atoms with Gasteiger partial charge >= 0.3 is 5.97 Å². The molecule has 0 atom stereocenters. The van der Waals surface area contributed by atoms with Crippen molar-refractivity contribution in [3.63, 3.8) is 0 Å². The van der Waals surface area contributed by atoms with Crippen LogP contribution >= 0.6 is 11.3 Å². The van der Waals surface area contributed by atoms with E-state index < -0.39 is 5.97 Å². The number of carbonyl (C=O) groups is 1. The Morgan fingerprint density at radius 1 is 1.12 bits per heavy atom. The Balaban J connectivity index is 2.00. The normalized spacial score (nSPS) is 15.2. The van der Waals surface area contributed by atoms with Gasteiger partial charge < -0.3 is 18.9 Å². The molecule has 6 nitrogen and oxygen atoms in total. The van der Waals surface area contributed by atoms with E-state index in [-0.39, 0.29) is 5.70 Å². The first kappa shape index (κ1) is 16.1. The number of benzene rings is 1. The molecule has 3 rings (SSSR count). The number of nitrogens with zero attached hydrogens (tertiary/aromatic N) is 1. The molecule has 0 spiro atoms. The van der Waals surface area contributed by atoms with Crippen molar-refractivity contribution in [2.24, 2.45) is 4.99 Å². The maximum Gasteiger partial charge on any atom is 0.363 e. The van der Waals surface area contributed by atoms with Gasteiger partial charge in [-0.05, 0) is 35.2 Å². The number of rotatable bonds is 5. The van der Waals surface area contributed by atoms with E-state index in [0.29, 0.717) is 28.7 Å². The summed E-state index contributed by atoms with van der Waals surface area (Å²) in [5, 5.41) is 1.90. The van der Waals surface area contributed by atoms with Crippen molar-refractivity contribution in [2.45, 2.75) is 0 Å². The lowest BCUT2D eigenvalue weighted by Gasteiger charge is -2.12. The van der Waals surface area contributed by atoms with E-state index in [1.54, 1.807) is 18.2 Å². The van der Waals surface area contributed by atoms with Crippen molar-refractivity contribution >= 4 is 29.3 Å². The molecule has 1 aromatic carbocycles. The van der Waals surface area contributed by atoms with Crippen molar-refractivity contribution < 1.29 is 23.7 Å². The second-order valence-electron chi connectivity index (χ2n) is 4.77. The maximum absolute atomic E-state index is 12.0. The van der Waals surface area contributed by atoms with E-state index in [1.165, 1.54) is 32.7 Å². The first-order valence-electron chi connectivity index (χ1n) is 7.02. The molecule has 7 heteroatoms. The molecule has 124 valence electrons. The summed E-state index contributed by atoms with van der Waals surface area (Å²) in [6.45, 7) is 0. The van der Waals surface area contributed by atoms with Gasteiger partial charge in [0.05, 0.1) is 26.2 Å². The molecule has 0 fully saturated rings. The van der Waals surface area contributed by atoms with Crippen LogP contribution in [-0.4, -0.2) is 33.2 Å². The van der Waals surface area contributed by atoms with Gasteiger partial charge in [0.2, 0.25) is 11.6 Å². The van der Waals surface area contributed by atoms with Gasteiger partial charge in [-0.25, -0.2) is 9.79 Å². The monoisotopic (exact) mass is 345 g/mol. The number of aliphatic imine (C=N–C) groups is 1. The molecular formula is C17H15NO5S. The van der Waals surface area contributed by atoms with Gasteiger partial charge in [0, 0.05) is 0 Å². The topological polar surface area (TPSA) is 66.4 Å². The first-order valence-corrected chi connectivity index (χ1v) is 7.90. The van der Waals surface area contributed by atoms with Crippen LogP contribution in [0.25, 0.3) is 6.08 Å². The number of methoxy groups -OCH3 is 3. The van der Waals surface area contributed by atoms with Gasteiger partial charge in [0.15, 0.2) is 17.2 Å². The van der Waals surface area contributed by atoms with Crippen molar-refractivity contribution in [1.82, 2.24) is 0 Å². The molecule has 0 amide bonds. The fourth-order valence-corrected chi connectivity index (χ4v) is 2.91. The largest absolute Gasteiger partial charge is 0.493 e. The molecule has 1 aliphatic rings. The summed E-state index contributed by atoms with van der Waals surface area (Å²) in [5.41, 5.74) is 0.903. The van der Waals surface area contributed by atoms with Crippen LogP contribution < -0.4 is 14.2 Å². The smallest absolute Gasteiger partial charge is 0.363 e. The van der Waals surface area contributed by atoms with Gasteiger partial charge in [0.1, 0.15) is 0 Å². The summed E-state index contributed by atoms with van der Waals surface area (Å²) in [6, 6.07) is 7.19. The summed E-state index contributed by atoms with van der Waals surface area (Å²) in [4.78, 5) is 17.1. The second kappa shape index (κ2) is 6.76. The lowest BCUT2D eigenvalue weighted by Crippen LogP contribution is -2.03. The number of thiophene rings is 1. The maximum atomic E-state index is 12.0. The molecular weight excluding hydrogens is 330 g/mol. The fraction of sp³-hybridized carbons (Fsp3) is 0.176. The first-order chi connectivity index (χ1) is 11.7. The van der Waals surface area contributed by atoms with Crippen LogP contribution in [0.2, 0.25) is 0 Å². The van der Waals surface area contributed by atoms with Crippen LogP contribution in [-0.2, 0) is 9.53 Å². The predicted molar refractivity (Wildman–Crippen MR) is 91.0 cm³/mol. The Kier molecular flexibility index (Phi) is 4.52. The quantitative estimate of drug-likeness (QED) is 0.615. The van der Waals surface area contributed by atoms with Crippen molar-refractivity contribution in [1.29, 1.82) is 0 Å². The Hall–Kier alpha value is -2.80. The highest BCUT2D eigenvalue weighted by Gasteiger charge is 2.25. The molecule has 0 unspecified atom stereocenters. The number of carbonyl (C=O) groups excluding carboxylic acids is 1. The third kappa shape index (κ3) is 2.98. The average Bonchev–Trinajstić information content (AvgIpc) is 3.24. The Labute approximate surface area is 142 Å². The van der Waals surface area contributed by atoms with Crippen LogP contribution in [0.1, 0.15) is 10.4 Å². The third-order valence-corrected chi connectivity index (χ3v) is 4.20. The average molecular weight is 345 g/mol. The van der Waals surface area contributed by atoms with Crippen LogP contribution in [0.5, 0.6) is 17.2 Å². The summed E-state index contributed by atoms with van der Waals surface area (Å²) in [7, 11) is 4.60. The summed E-state index contributed by atoms with van der Waals surface area (Å²) in [6.07, 6.45) is 1.62. The van der Waals surface area contributed by atoms with Crippen LogP contribution in [0.4, 0.5) is 0 Å². The van der Waals surface area contributed by atoms with E-state index in [0.717, 1.165) is 4.88 Å². The van der Waals surface area contributed by atoms with Gasteiger partial charge in [-0.15, -0.1) is 11.3 Å². The van der Waals surface area contributed by atoms with Crippen LogP contribution in [0.15, 0.2) is 40.3 Å². The SMILES string of the molecule is COc1cc(/C=C2\N=C(c3cccs3)OC2=O)cc(OC)c1OC. The Morgan fingerprint density at radius 3 is 2.38 bits per heavy atom. The standard InChI is InChI=1S/C17H15NO5S/c1-20-12-8-10(9-13(21-2)15(12)22-3)7-11-17(19)23-16(18-11)14-5-4-6-24-14/h4-9H,1-3H3/b11-7-. The summed E-state index contributed by atoms with van der Waals surface area (Å²) < 4.78 is 21.1. The zero-order valence-corrected chi connectivity index (χ0v) is 14.2. The van der Waals surface area contributed by atoms with E-state index in [1.807, 2.05) is 17.5 Å². The Morgan fingerprint density at radius 2 is 1.83 bits per heavy atom. The van der Waals surface area contributed by atoms with Gasteiger partial charge in [-0.2, -0.15) is 0 Å². The highest BCUT2D eigenvalue weighted by atomic mass is 32.1. The molecule has 24 heavy (non-hydrogen) atoms. The molecule has 0 radical (unpaired) electrons. The summed E-state index contributed by atoms with van der Waals surface area (Å²) in [5.74, 6) is 1.30. The molecule has 1 aliphatic heterocycles. The number of hydrogen-bond acceptors (Lipinski definition) is 7. The van der Waals surface area contributed by atoms with Crippen LogP contribution in [0, 0.1) is 0 Å². The fourth-order valence-electron chi connectivity index (χ4n) is 2.26. The summed E-state index contributed by atoms with van der Waals surface area (Å²) >= 11 is 1.46. The number of esters is 1. The lowest BCUT2D eigenvalue weighted by molar-refractivity contribution is -0.129. The minimum absolute atomic E-state index is 0.215.